The first-order valence-electron chi connectivity index (χ1n) is 13.7. The molecule has 1 saturated heterocycles. The van der Waals surface area contributed by atoms with Crippen LogP contribution in [0.4, 0.5) is 17.5 Å². The largest absolute Gasteiger partial charge is 0.368 e. The maximum Gasteiger partial charge on any atom is 0.263 e. The van der Waals surface area contributed by atoms with Crippen LogP contribution in [-0.2, 0) is 4.84 Å². The first kappa shape index (κ1) is 26.2. The highest BCUT2D eigenvalue weighted by Gasteiger charge is 2.26. The van der Waals surface area contributed by atoms with Crippen molar-refractivity contribution in [2.45, 2.75) is 65.3 Å². The molecule has 2 fully saturated rings. The van der Waals surface area contributed by atoms with E-state index in [1.165, 1.54) is 6.92 Å². The number of aryl methyl sites for hydroxylation is 1. The molecule has 5 rings (SSSR count). The Morgan fingerprint density at radius 1 is 1.11 bits per heavy atom. The van der Waals surface area contributed by atoms with Crippen molar-refractivity contribution in [1.29, 1.82) is 0 Å². The smallest absolute Gasteiger partial charge is 0.263 e. The Bertz CT molecular complexity index is 1340. The van der Waals surface area contributed by atoms with Crippen LogP contribution in [0.15, 0.2) is 29.3 Å². The second-order valence-electron chi connectivity index (χ2n) is 10.2. The topological polar surface area (TPSA) is 105 Å². The number of carbonyl (C=O) groups is 1. The van der Waals surface area contributed by atoms with Crippen LogP contribution in [0.25, 0.3) is 11.0 Å². The Hall–Kier alpha value is -3.37. The van der Waals surface area contributed by atoms with Gasteiger partial charge in [-0.3, -0.25) is 19.0 Å². The molecule has 0 radical (unpaired) electrons. The van der Waals surface area contributed by atoms with E-state index in [1.807, 2.05) is 18.3 Å². The van der Waals surface area contributed by atoms with Gasteiger partial charge < -0.3 is 10.2 Å². The molecule has 10 heteroatoms. The molecule has 4 heterocycles. The van der Waals surface area contributed by atoms with Crippen molar-refractivity contribution in [1.82, 2.24) is 24.6 Å². The lowest BCUT2D eigenvalue weighted by Crippen LogP contribution is -2.46. The predicted molar refractivity (Wildman–Crippen MR) is 148 cm³/mol. The number of piperazine rings is 1. The average Bonchev–Trinajstić information content (AvgIpc) is 3.44. The van der Waals surface area contributed by atoms with Crippen molar-refractivity contribution in [2.24, 2.45) is 0 Å². The zero-order valence-electron chi connectivity index (χ0n) is 22.6. The van der Waals surface area contributed by atoms with E-state index in [4.69, 9.17) is 9.82 Å². The molecular weight excluding hydrogens is 482 g/mol. The number of unbranched alkanes of at least 4 members (excludes halogenated alkanes) is 1. The molecule has 0 bridgehead atoms. The maximum absolute atomic E-state index is 13.4. The molecule has 1 N–H and O–H groups in total. The third kappa shape index (κ3) is 5.42. The van der Waals surface area contributed by atoms with E-state index in [1.54, 1.807) is 17.7 Å². The molecule has 3 aromatic rings. The fourth-order valence-electron chi connectivity index (χ4n) is 5.48. The highest BCUT2D eigenvalue weighted by atomic mass is 16.7. The number of nitrogens with one attached hydrogen (secondary N) is 1. The quantitative estimate of drug-likeness (QED) is 0.325. The molecule has 202 valence electrons. The SMILES string of the molecule is CCCCON1CCN(c2ccc(Nc3ncc4c(C)c(C(C)=O)c(=O)n(C5CCCC5)c4n3)nc2)CC1. The summed E-state index contributed by atoms with van der Waals surface area (Å²) in [7, 11) is 0. The van der Waals surface area contributed by atoms with Crippen molar-refractivity contribution in [3.8, 4) is 0 Å². The van der Waals surface area contributed by atoms with Crippen LogP contribution < -0.4 is 15.8 Å². The van der Waals surface area contributed by atoms with Crippen LogP contribution >= 0.6 is 0 Å². The molecule has 1 aliphatic heterocycles. The fraction of sp³-hybridized carbons (Fsp3) is 0.536. The monoisotopic (exact) mass is 519 g/mol. The van der Waals surface area contributed by atoms with Crippen molar-refractivity contribution in [3.63, 3.8) is 0 Å². The molecule has 3 aromatic heterocycles. The molecule has 1 aliphatic carbocycles. The van der Waals surface area contributed by atoms with Gasteiger partial charge in [0.25, 0.3) is 5.56 Å². The Morgan fingerprint density at radius 3 is 2.53 bits per heavy atom. The van der Waals surface area contributed by atoms with Crippen molar-refractivity contribution in [2.75, 3.05) is 43.0 Å². The lowest BCUT2D eigenvalue weighted by Gasteiger charge is -2.35. The third-order valence-corrected chi connectivity index (χ3v) is 7.61. The van der Waals surface area contributed by atoms with E-state index in [9.17, 15) is 9.59 Å². The number of ketones is 1. The minimum atomic E-state index is -0.252. The maximum atomic E-state index is 13.4. The standard InChI is InChI=1S/C28H37N7O3/c1-4-5-16-38-34-14-12-33(13-15-34)22-10-11-24(29-17-22)31-28-30-18-23-19(2)25(20(3)36)27(37)35(26(23)32-28)21-8-6-7-9-21/h10-11,17-18,21H,4-9,12-16H2,1-3H3,(H,29,30,31,32). The zero-order valence-corrected chi connectivity index (χ0v) is 22.6. The number of rotatable bonds is 9. The Morgan fingerprint density at radius 2 is 1.87 bits per heavy atom. The summed E-state index contributed by atoms with van der Waals surface area (Å²) in [6.07, 6.45) is 9.72. The number of Topliss-reactive ketones (excluding diaryl/α,β-unsaturated/α-hetero) is 1. The Labute approximate surface area is 223 Å². The van der Waals surface area contributed by atoms with Gasteiger partial charge in [-0.1, -0.05) is 26.2 Å². The summed E-state index contributed by atoms with van der Waals surface area (Å²) in [5.41, 5.74) is 2.25. The normalized spacial score (nSPS) is 16.9. The van der Waals surface area contributed by atoms with Crippen LogP contribution in [0.3, 0.4) is 0 Å². The number of carbonyl (C=O) groups excluding carboxylic acids is 1. The van der Waals surface area contributed by atoms with Gasteiger partial charge >= 0.3 is 0 Å². The fourth-order valence-corrected chi connectivity index (χ4v) is 5.48. The first-order valence-corrected chi connectivity index (χ1v) is 13.7. The van der Waals surface area contributed by atoms with Crippen molar-refractivity contribution < 1.29 is 9.63 Å². The Kier molecular flexibility index (Phi) is 7.99. The third-order valence-electron chi connectivity index (χ3n) is 7.61. The zero-order chi connectivity index (χ0) is 26.6. The molecule has 2 aliphatic rings. The van der Waals surface area contributed by atoms with Crippen LogP contribution in [0.5, 0.6) is 0 Å². The summed E-state index contributed by atoms with van der Waals surface area (Å²) in [4.78, 5) is 47.7. The summed E-state index contributed by atoms with van der Waals surface area (Å²) in [5, 5.41) is 5.98. The second-order valence-corrected chi connectivity index (χ2v) is 10.2. The lowest BCUT2D eigenvalue weighted by molar-refractivity contribution is -0.162. The van der Waals surface area contributed by atoms with Gasteiger partial charge in [-0.05, 0) is 50.8 Å². The Balaban J connectivity index is 1.34. The number of hydrogen-bond donors (Lipinski definition) is 1. The van der Waals surface area contributed by atoms with E-state index in [2.05, 4.69) is 32.2 Å². The van der Waals surface area contributed by atoms with Crippen molar-refractivity contribution >= 4 is 34.3 Å². The molecule has 38 heavy (non-hydrogen) atoms. The molecule has 0 aromatic carbocycles. The van der Waals surface area contributed by atoms with E-state index in [0.717, 1.165) is 82.4 Å². The molecule has 0 amide bonds. The lowest BCUT2D eigenvalue weighted by atomic mass is 10.0. The minimum absolute atomic E-state index is 0.0429. The summed E-state index contributed by atoms with van der Waals surface area (Å²) in [6, 6.07) is 4.00. The summed E-state index contributed by atoms with van der Waals surface area (Å²) in [5.74, 6) is 0.774. The van der Waals surface area contributed by atoms with Gasteiger partial charge in [0, 0.05) is 43.8 Å². The van der Waals surface area contributed by atoms with Gasteiger partial charge in [0.1, 0.15) is 11.5 Å². The van der Waals surface area contributed by atoms with Crippen LogP contribution in [0.1, 0.15) is 74.3 Å². The van der Waals surface area contributed by atoms with Gasteiger partial charge in [0.05, 0.1) is 24.1 Å². The van der Waals surface area contributed by atoms with Crippen LogP contribution in [0, 0.1) is 6.92 Å². The van der Waals surface area contributed by atoms with E-state index < -0.39 is 0 Å². The number of hydroxylamine groups is 2. The highest BCUT2D eigenvalue weighted by Crippen LogP contribution is 2.32. The molecule has 0 spiro atoms. The van der Waals surface area contributed by atoms with Gasteiger partial charge in [0.2, 0.25) is 5.95 Å². The van der Waals surface area contributed by atoms with Crippen LogP contribution in [0.2, 0.25) is 0 Å². The number of nitrogens with zero attached hydrogens (tertiary/aromatic N) is 6. The summed E-state index contributed by atoms with van der Waals surface area (Å²) in [6.45, 7) is 9.69. The molecular formula is C28H37N7O3. The minimum Gasteiger partial charge on any atom is -0.368 e. The van der Waals surface area contributed by atoms with Gasteiger partial charge in [-0.15, -0.1) is 0 Å². The molecule has 0 atom stereocenters. The van der Waals surface area contributed by atoms with Gasteiger partial charge in [-0.25, -0.2) is 9.97 Å². The number of pyridine rings is 2. The van der Waals surface area contributed by atoms with Crippen LogP contribution in [-0.4, -0.2) is 63.2 Å². The number of aromatic nitrogens is 4. The molecule has 0 unspecified atom stereocenters. The number of hydrogen-bond acceptors (Lipinski definition) is 9. The summed E-state index contributed by atoms with van der Waals surface area (Å²) >= 11 is 0. The number of anilines is 3. The van der Waals surface area contributed by atoms with Crippen molar-refractivity contribution in [3.05, 3.63) is 46.0 Å². The molecule has 10 nitrogen and oxygen atoms in total. The van der Waals surface area contributed by atoms with E-state index in [0.29, 0.717) is 23.0 Å². The summed E-state index contributed by atoms with van der Waals surface area (Å²) < 4.78 is 1.72. The van der Waals surface area contributed by atoms with Gasteiger partial charge in [0.15, 0.2) is 5.78 Å². The number of fused-ring (bicyclic) bond motifs is 1. The first-order chi connectivity index (χ1) is 18.5. The van der Waals surface area contributed by atoms with Gasteiger partial charge in [-0.2, -0.15) is 10.0 Å². The van der Waals surface area contributed by atoms with E-state index >= 15 is 0 Å². The van der Waals surface area contributed by atoms with E-state index in [-0.39, 0.29) is 22.9 Å². The highest BCUT2D eigenvalue weighted by molar-refractivity contribution is 5.99. The molecule has 1 saturated carbocycles. The predicted octanol–water partition coefficient (Wildman–Crippen LogP) is 4.41. The average molecular weight is 520 g/mol. The second kappa shape index (κ2) is 11.6.